The zero-order chi connectivity index (χ0) is 16.7. The van der Waals surface area contributed by atoms with E-state index in [2.05, 4.69) is 10.6 Å². The minimum atomic E-state index is -0.452. The van der Waals surface area contributed by atoms with Crippen molar-refractivity contribution in [2.45, 2.75) is 13.0 Å². The molecule has 0 atom stereocenters. The standard InChI is InChI=1S/C17H14FN3O2/c18-14-5-1-13(2-6-14)11-20-16(22)9-17(23)21-15-7-3-12(10-19)4-8-15/h1-8H,9,11H2,(H,20,22)(H,21,23). The first-order valence-electron chi connectivity index (χ1n) is 6.88. The number of hydrogen-bond donors (Lipinski definition) is 2. The first-order chi connectivity index (χ1) is 11.1. The van der Waals surface area contributed by atoms with Crippen molar-refractivity contribution in [1.29, 1.82) is 5.26 Å². The highest BCUT2D eigenvalue weighted by Crippen LogP contribution is 2.09. The molecule has 2 amide bonds. The third-order valence-corrected chi connectivity index (χ3v) is 3.02. The van der Waals surface area contributed by atoms with Crippen LogP contribution < -0.4 is 10.6 Å². The lowest BCUT2D eigenvalue weighted by atomic mass is 10.2. The largest absolute Gasteiger partial charge is 0.352 e. The number of benzene rings is 2. The van der Waals surface area contributed by atoms with Crippen LogP contribution in [0.3, 0.4) is 0 Å². The van der Waals surface area contributed by atoms with E-state index in [1.165, 1.54) is 12.1 Å². The molecule has 2 N–H and O–H groups in total. The molecule has 5 nitrogen and oxygen atoms in total. The summed E-state index contributed by atoms with van der Waals surface area (Å²) in [5.74, 6) is -1.23. The number of nitrogens with zero attached hydrogens (tertiary/aromatic N) is 1. The Kier molecular flexibility index (Phi) is 5.42. The number of anilines is 1. The molecule has 0 bridgehead atoms. The van der Waals surface area contributed by atoms with Crippen molar-refractivity contribution in [1.82, 2.24) is 5.32 Å². The third kappa shape index (κ3) is 5.25. The fraction of sp³-hybridized carbons (Fsp3) is 0.118. The number of nitrogens with one attached hydrogen (secondary N) is 2. The molecule has 116 valence electrons. The molecule has 0 aliphatic carbocycles. The van der Waals surface area contributed by atoms with Crippen LogP contribution >= 0.6 is 0 Å². The third-order valence-electron chi connectivity index (χ3n) is 3.02. The highest BCUT2D eigenvalue weighted by atomic mass is 19.1. The number of nitriles is 1. The monoisotopic (exact) mass is 311 g/mol. The summed E-state index contributed by atoms with van der Waals surface area (Å²) in [6.07, 6.45) is -0.318. The summed E-state index contributed by atoms with van der Waals surface area (Å²) in [6, 6.07) is 14.0. The van der Waals surface area contributed by atoms with Crippen LogP contribution in [0.15, 0.2) is 48.5 Å². The molecule has 2 aromatic carbocycles. The molecule has 23 heavy (non-hydrogen) atoms. The van der Waals surface area contributed by atoms with Gasteiger partial charge in [0.05, 0.1) is 11.6 Å². The van der Waals surface area contributed by atoms with E-state index in [1.807, 2.05) is 6.07 Å². The Morgan fingerprint density at radius 3 is 2.26 bits per heavy atom. The summed E-state index contributed by atoms with van der Waals surface area (Å²) in [4.78, 5) is 23.4. The van der Waals surface area contributed by atoms with Crippen LogP contribution in [0.5, 0.6) is 0 Å². The second-order valence-electron chi connectivity index (χ2n) is 4.82. The molecule has 0 aromatic heterocycles. The van der Waals surface area contributed by atoms with Crippen LogP contribution in [-0.4, -0.2) is 11.8 Å². The van der Waals surface area contributed by atoms with Gasteiger partial charge in [0.2, 0.25) is 11.8 Å². The van der Waals surface area contributed by atoms with Crippen LogP contribution in [0, 0.1) is 17.1 Å². The van der Waals surface area contributed by atoms with Gasteiger partial charge >= 0.3 is 0 Å². The average Bonchev–Trinajstić information content (AvgIpc) is 2.55. The van der Waals surface area contributed by atoms with Gasteiger partial charge in [0.15, 0.2) is 0 Å². The van der Waals surface area contributed by atoms with E-state index in [4.69, 9.17) is 5.26 Å². The molecule has 0 heterocycles. The van der Waals surface area contributed by atoms with Crippen LogP contribution in [0.25, 0.3) is 0 Å². The lowest BCUT2D eigenvalue weighted by Crippen LogP contribution is -2.27. The van der Waals surface area contributed by atoms with Crippen LogP contribution in [0.1, 0.15) is 17.5 Å². The molecule has 2 rings (SSSR count). The molecule has 0 fully saturated rings. The van der Waals surface area contributed by atoms with Crippen molar-refractivity contribution in [2.75, 3.05) is 5.32 Å². The minimum absolute atomic E-state index is 0.225. The van der Waals surface area contributed by atoms with E-state index in [0.717, 1.165) is 5.56 Å². The number of rotatable bonds is 5. The second kappa shape index (κ2) is 7.71. The fourth-order valence-electron chi connectivity index (χ4n) is 1.84. The van der Waals surface area contributed by atoms with Gasteiger partial charge in [0.25, 0.3) is 0 Å². The molecular weight excluding hydrogens is 297 g/mol. The van der Waals surface area contributed by atoms with E-state index in [9.17, 15) is 14.0 Å². The van der Waals surface area contributed by atoms with Crippen molar-refractivity contribution < 1.29 is 14.0 Å². The van der Waals surface area contributed by atoms with Crippen molar-refractivity contribution >= 4 is 17.5 Å². The van der Waals surface area contributed by atoms with Gasteiger partial charge in [-0.1, -0.05) is 12.1 Å². The number of halogens is 1. The van der Waals surface area contributed by atoms with Crippen molar-refractivity contribution in [2.24, 2.45) is 0 Å². The zero-order valence-corrected chi connectivity index (χ0v) is 12.2. The van der Waals surface area contributed by atoms with Gasteiger partial charge in [-0.05, 0) is 42.0 Å². The Bertz CT molecular complexity index is 734. The van der Waals surface area contributed by atoms with Gasteiger partial charge in [0, 0.05) is 12.2 Å². The predicted molar refractivity (Wildman–Crippen MR) is 82.7 cm³/mol. The van der Waals surface area contributed by atoms with Crippen molar-refractivity contribution in [3.63, 3.8) is 0 Å². The second-order valence-corrected chi connectivity index (χ2v) is 4.82. The lowest BCUT2D eigenvalue weighted by molar-refractivity contribution is -0.126. The Labute approximate surface area is 132 Å². The predicted octanol–water partition coefficient (Wildman–Crippen LogP) is 2.34. The Hall–Kier alpha value is -3.20. The van der Waals surface area contributed by atoms with Gasteiger partial charge in [-0.3, -0.25) is 9.59 Å². The highest BCUT2D eigenvalue weighted by molar-refractivity contribution is 6.03. The number of carbonyl (C=O) groups is 2. The molecule has 0 radical (unpaired) electrons. The van der Waals surface area contributed by atoms with E-state index in [-0.39, 0.29) is 18.8 Å². The van der Waals surface area contributed by atoms with E-state index in [0.29, 0.717) is 11.3 Å². The summed E-state index contributed by atoms with van der Waals surface area (Å²) in [7, 11) is 0. The van der Waals surface area contributed by atoms with E-state index in [1.54, 1.807) is 36.4 Å². The van der Waals surface area contributed by atoms with Crippen LogP contribution in [-0.2, 0) is 16.1 Å². The lowest BCUT2D eigenvalue weighted by Gasteiger charge is -2.07. The van der Waals surface area contributed by atoms with E-state index >= 15 is 0 Å². The Morgan fingerprint density at radius 2 is 1.65 bits per heavy atom. The summed E-state index contributed by atoms with van der Waals surface area (Å²) in [5.41, 5.74) is 1.74. The summed E-state index contributed by atoms with van der Waals surface area (Å²) >= 11 is 0. The Balaban J connectivity index is 1.78. The number of carbonyl (C=O) groups excluding carboxylic acids is 2. The zero-order valence-electron chi connectivity index (χ0n) is 12.2. The SMILES string of the molecule is N#Cc1ccc(NC(=O)CC(=O)NCc2ccc(F)cc2)cc1. The maximum Gasteiger partial charge on any atom is 0.233 e. The molecule has 0 spiro atoms. The quantitative estimate of drug-likeness (QED) is 0.832. The van der Waals surface area contributed by atoms with Crippen LogP contribution in [0.4, 0.5) is 10.1 Å². The van der Waals surface area contributed by atoms with Crippen LogP contribution in [0.2, 0.25) is 0 Å². The van der Waals surface area contributed by atoms with E-state index < -0.39 is 11.8 Å². The number of amides is 2. The molecule has 0 aliphatic heterocycles. The smallest absolute Gasteiger partial charge is 0.233 e. The molecule has 0 saturated heterocycles. The normalized spacial score (nSPS) is 9.74. The van der Waals surface area contributed by atoms with Crippen molar-refractivity contribution in [3.8, 4) is 6.07 Å². The maximum absolute atomic E-state index is 12.8. The molecule has 0 aliphatic rings. The van der Waals surface area contributed by atoms with Gasteiger partial charge < -0.3 is 10.6 Å². The van der Waals surface area contributed by atoms with Crippen molar-refractivity contribution in [3.05, 3.63) is 65.5 Å². The minimum Gasteiger partial charge on any atom is -0.352 e. The summed E-state index contributed by atoms with van der Waals surface area (Å²) in [6.45, 7) is 0.225. The highest BCUT2D eigenvalue weighted by Gasteiger charge is 2.09. The molecule has 0 unspecified atom stereocenters. The topological polar surface area (TPSA) is 82.0 Å². The molecule has 0 saturated carbocycles. The van der Waals surface area contributed by atoms with Gasteiger partial charge in [-0.25, -0.2) is 4.39 Å². The van der Waals surface area contributed by atoms with Gasteiger partial charge in [-0.2, -0.15) is 5.26 Å². The maximum atomic E-state index is 12.8. The molecule has 2 aromatic rings. The molecular formula is C17H14FN3O2. The number of hydrogen-bond acceptors (Lipinski definition) is 3. The first-order valence-corrected chi connectivity index (χ1v) is 6.88. The molecule has 6 heteroatoms. The summed E-state index contributed by atoms with van der Waals surface area (Å²) < 4.78 is 12.8. The fourth-order valence-corrected chi connectivity index (χ4v) is 1.84. The Morgan fingerprint density at radius 1 is 1.00 bits per heavy atom. The summed E-state index contributed by atoms with van der Waals surface area (Å²) in [5, 5.41) is 13.8. The van der Waals surface area contributed by atoms with Gasteiger partial charge in [0.1, 0.15) is 12.2 Å². The van der Waals surface area contributed by atoms with Gasteiger partial charge in [-0.15, -0.1) is 0 Å². The first kappa shape index (κ1) is 16.2. The average molecular weight is 311 g/mol.